The zero-order valence-corrected chi connectivity index (χ0v) is 12.1. The molecule has 1 N–H and O–H groups in total. The predicted octanol–water partition coefficient (Wildman–Crippen LogP) is 4.57. The molecule has 0 aliphatic carbocycles. The van der Waals surface area contributed by atoms with Crippen LogP contribution >= 0.6 is 0 Å². The van der Waals surface area contributed by atoms with E-state index in [1.54, 1.807) is 12.1 Å². The molecule has 2 nitrogen and oxygen atoms in total. The Kier molecular flexibility index (Phi) is 4.61. The lowest BCUT2D eigenvalue weighted by Crippen LogP contribution is -2.02. The van der Waals surface area contributed by atoms with Gasteiger partial charge in [-0.2, -0.15) is 0 Å². The SMILES string of the molecule is COc1ccc(CNc2cccc(C(C)C)c2)c(F)c1. The molecule has 0 aromatic heterocycles. The molecule has 0 bridgehead atoms. The Morgan fingerprint density at radius 3 is 2.60 bits per heavy atom. The summed E-state index contributed by atoms with van der Waals surface area (Å²) in [5.74, 6) is 0.763. The van der Waals surface area contributed by atoms with Gasteiger partial charge in [-0.3, -0.25) is 0 Å². The van der Waals surface area contributed by atoms with Gasteiger partial charge in [0.05, 0.1) is 7.11 Å². The van der Waals surface area contributed by atoms with E-state index in [2.05, 4.69) is 31.3 Å². The van der Waals surface area contributed by atoms with Gasteiger partial charge >= 0.3 is 0 Å². The van der Waals surface area contributed by atoms with E-state index in [0.29, 0.717) is 23.8 Å². The van der Waals surface area contributed by atoms with Gasteiger partial charge < -0.3 is 10.1 Å². The van der Waals surface area contributed by atoms with Gasteiger partial charge in [-0.1, -0.05) is 32.0 Å². The van der Waals surface area contributed by atoms with Crippen molar-refractivity contribution < 1.29 is 9.13 Å². The van der Waals surface area contributed by atoms with Crippen molar-refractivity contribution in [3.8, 4) is 5.75 Å². The number of rotatable bonds is 5. The van der Waals surface area contributed by atoms with Gasteiger partial charge in [0.1, 0.15) is 11.6 Å². The highest BCUT2D eigenvalue weighted by molar-refractivity contribution is 5.47. The Balaban J connectivity index is 2.07. The summed E-state index contributed by atoms with van der Waals surface area (Å²) in [5, 5.41) is 3.25. The first-order valence-electron chi connectivity index (χ1n) is 6.76. The van der Waals surface area contributed by atoms with Crippen LogP contribution in [0.15, 0.2) is 42.5 Å². The molecule has 2 aromatic rings. The molecule has 0 aliphatic heterocycles. The number of methoxy groups -OCH3 is 1. The molecule has 0 radical (unpaired) electrons. The van der Waals surface area contributed by atoms with Crippen molar-refractivity contribution in [1.82, 2.24) is 0 Å². The van der Waals surface area contributed by atoms with Crippen LogP contribution in [0, 0.1) is 5.82 Å². The average molecular weight is 273 g/mol. The highest BCUT2D eigenvalue weighted by atomic mass is 19.1. The van der Waals surface area contributed by atoms with E-state index in [4.69, 9.17) is 4.74 Å². The molecule has 0 atom stereocenters. The molecule has 0 heterocycles. The van der Waals surface area contributed by atoms with E-state index < -0.39 is 0 Å². The largest absolute Gasteiger partial charge is 0.497 e. The highest BCUT2D eigenvalue weighted by Crippen LogP contribution is 2.20. The summed E-state index contributed by atoms with van der Waals surface area (Å²) in [5.41, 5.74) is 2.90. The van der Waals surface area contributed by atoms with Gasteiger partial charge in [0.15, 0.2) is 0 Å². The quantitative estimate of drug-likeness (QED) is 0.861. The maximum Gasteiger partial charge on any atom is 0.131 e. The molecule has 0 saturated heterocycles. The van der Waals surface area contributed by atoms with Crippen molar-refractivity contribution in [2.75, 3.05) is 12.4 Å². The molecule has 3 heteroatoms. The van der Waals surface area contributed by atoms with E-state index in [9.17, 15) is 4.39 Å². The third-order valence-electron chi connectivity index (χ3n) is 3.30. The summed E-state index contributed by atoms with van der Waals surface area (Å²) in [4.78, 5) is 0. The van der Waals surface area contributed by atoms with Crippen LogP contribution in [0.3, 0.4) is 0 Å². The summed E-state index contributed by atoms with van der Waals surface area (Å²) in [6.07, 6.45) is 0. The molecule has 106 valence electrons. The fourth-order valence-corrected chi connectivity index (χ4v) is 2.00. The van der Waals surface area contributed by atoms with Crippen molar-refractivity contribution in [3.63, 3.8) is 0 Å². The van der Waals surface area contributed by atoms with Crippen molar-refractivity contribution in [2.45, 2.75) is 26.3 Å². The fraction of sp³-hybridized carbons (Fsp3) is 0.294. The minimum Gasteiger partial charge on any atom is -0.497 e. The van der Waals surface area contributed by atoms with Crippen molar-refractivity contribution in [3.05, 3.63) is 59.4 Å². The number of hydrogen-bond donors (Lipinski definition) is 1. The summed E-state index contributed by atoms with van der Waals surface area (Å²) < 4.78 is 18.8. The number of nitrogens with one attached hydrogen (secondary N) is 1. The predicted molar refractivity (Wildman–Crippen MR) is 80.8 cm³/mol. The minimum atomic E-state index is -0.253. The highest BCUT2D eigenvalue weighted by Gasteiger charge is 2.05. The van der Waals surface area contributed by atoms with E-state index in [-0.39, 0.29) is 5.82 Å². The molecule has 2 aromatic carbocycles. The second-order valence-corrected chi connectivity index (χ2v) is 5.09. The van der Waals surface area contributed by atoms with Crippen LogP contribution in [0.25, 0.3) is 0 Å². The van der Waals surface area contributed by atoms with E-state index >= 15 is 0 Å². The molecule has 0 amide bonds. The van der Waals surface area contributed by atoms with Crippen LogP contribution in [0.2, 0.25) is 0 Å². The first kappa shape index (κ1) is 14.4. The molecule has 20 heavy (non-hydrogen) atoms. The topological polar surface area (TPSA) is 21.3 Å². The zero-order chi connectivity index (χ0) is 14.5. The maximum atomic E-state index is 13.8. The zero-order valence-electron chi connectivity index (χ0n) is 12.1. The van der Waals surface area contributed by atoms with Gasteiger partial charge in [-0.05, 0) is 29.7 Å². The minimum absolute atomic E-state index is 0.253. The normalized spacial score (nSPS) is 10.7. The Bertz CT molecular complexity index is 581. The Labute approximate surface area is 119 Å². The van der Waals surface area contributed by atoms with Crippen LogP contribution in [0.4, 0.5) is 10.1 Å². The molecule has 0 saturated carbocycles. The van der Waals surface area contributed by atoms with Crippen LogP contribution in [-0.2, 0) is 6.54 Å². The fourth-order valence-electron chi connectivity index (χ4n) is 2.00. The van der Waals surface area contributed by atoms with Gasteiger partial charge in [0.25, 0.3) is 0 Å². The van der Waals surface area contributed by atoms with Gasteiger partial charge in [-0.15, -0.1) is 0 Å². The van der Waals surface area contributed by atoms with E-state index in [1.165, 1.54) is 18.7 Å². The molecular weight excluding hydrogens is 253 g/mol. The lowest BCUT2D eigenvalue weighted by atomic mass is 10.0. The van der Waals surface area contributed by atoms with Crippen LogP contribution in [0.5, 0.6) is 5.75 Å². The number of benzene rings is 2. The molecule has 2 rings (SSSR count). The smallest absolute Gasteiger partial charge is 0.131 e. The molecule has 0 fully saturated rings. The molecule has 0 aliphatic rings. The summed E-state index contributed by atoms with van der Waals surface area (Å²) in [6, 6.07) is 13.1. The monoisotopic (exact) mass is 273 g/mol. The van der Waals surface area contributed by atoms with E-state index in [0.717, 1.165) is 5.69 Å². The molecule has 0 spiro atoms. The Morgan fingerprint density at radius 2 is 1.95 bits per heavy atom. The number of hydrogen-bond acceptors (Lipinski definition) is 2. The lowest BCUT2D eigenvalue weighted by Gasteiger charge is -2.11. The first-order chi connectivity index (χ1) is 9.60. The summed E-state index contributed by atoms with van der Waals surface area (Å²) in [7, 11) is 1.53. The number of halogens is 1. The number of anilines is 1. The second kappa shape index (κ2) is 6.42. The first-order valence-corrected chi connectivity index (χ1v) is 6.76. The van der Waals surface area contributed by atoms with Gasteiger partial charge in [-0.25, -0.2) is 4.39 Å². The maximum absolute atomic E-state index is 13.8. The van der Waals surface area contributed by atoms with Crippen molar-refractivity contribution >= 4 is 5.69 Å². The second-order valence-electron chi connectivity index (χ2n) is 5.09. The summed E-state index contributed by atoms with van der Waals surface area (Å²) >= 11 is 0. The molecule has 0 unspecified atom stereocenters. The van der Waals surface area contributed by atoms with E-state index in [1.807, 2.05) is 12.1 Å². The van der Waals surface area contributed by atoms with Crippen molar-refractivity contribution in [2.24, 2.45) is 0 Å². The Hall–Kier alpha value is -2.03. The van der Waals surface area contributed by atoms with Crippen LogP contribution in [0.1, 0.15) is 30.9 Å². The van der Waals surface area contributed by atoms with Gasteiger partial charge in [0.2, 0.25) is 0 Å². The Morgan fingerprint density at radius 1 is 1.15 bits per heavy atom. The standard InChI is InChI=1S/C17H20FNO/c1-12(2)13-5-4-6-15(9-13)19-11-14-7-8-16(20-3)10-17(14)18/h4-10,12,19H,11H2,1-3H3. The molecular formula is C17H20FNO. The van der Waals surface area contributed by atoms with Gasteiger partial charge in [0, 0.05) is 23.9 Å². The van der Waals surface area contributed by atoms with Crippen LogP contribution in [-0.4, -0.2) is 7.11 Å². The summed E-state index contributed by atoms with van der Waals surface area (Å²) in [6.45, 7) is 4.77. The van der Waals surface area contributed by atoms with Crippen molar-refractivity contribution in [1.29, 1.82) is 0 Å². The lowest BCUT2D eigenvalue weighted by molar-refractivity contribution is 0.411. The van der Waals surface area contributed by atoms with Crippen LogP contribution < -0.4 is 10.1 Å². The number of ether oxygens (including phenoxy) is 1. The third-order valence-corrected chi connectivity index (χ3v) is 3.30. The average Bonchev–Trinajstić information content (AvgIpc) is 2.46. The third kappa shape index (κ3) is 3.50.